The molecule has 3 nitrogen and oxygen atoms in total. The van der Waals surface area contributed by atoms with Crippen LogP contribution in [0.15, 0.2) is 53.0 Å². The molecule has 2 rings (SSSR count). The van der Waals surface area contributed by atoms with Crippen molar-refractivity contribution in [2.75, 3.05) is 4.72 Å². The number of alkyl halides is 3. The average molecular weight is 394 g/mol. The molecule has 0 aliphatic rings. The van der Waals surface area contributed by atoms with Crippen LogP contribution in [0.5, 0.6) is 0 Å². The molecule has 22 heavy (non-hydrogen) atoms. The van der Waals surface area contributed by atoms with Crippen LogP contribution in [0.2, 0.25) is 0 Å². The Balaban J connectivity index is 2.23. The molecule has 0 spiro atoms. The van der Waals surface area contributed by atoms with Gasteiger partial charge >= 0.3 is 6.18 Å². The molecule has 2 aromatic rings. The highest BCUT2D eigenvalue weighted by Crippen LogP contribution is 2.36. The topological polar surface area (TPSA) is 46.2 Å². The fourth-order valence-electron chi connectivity index (χ4n) is 1.82. The van der Waals surface area contributed by atoms with E-state index in [0.29, 0.717) is 5.56 Å². The molecule has 0 aromatic heterocycles. The molecule has 0 fully saturated rings. The third-order valence-corrected chi connectivity index (χ3v) is 4.70. The number of hydrogen-bond acceptors (Lipinski definition) is 2. The zero-order valence-electron chi connectivity index (χ0n) is 11.1. The maximum Gasteiger partial charge on any atom is 0.417 e. The Morgan fingerprint density at radius 3 is 2.27 bits per heavy atom. The van der Waals surface area contributed by atoms with Crippen molar-refractivity contribution in [1.29, 1.82) is 0 Å². The van der Waals surface area contributed by atoms with Gasteiger partial charge in [0.05, 0.1) is 11.3 Å². The monoisotopic (exact) mass is 393 g/mol. The molecule has 2 aromatic carbocycles. The van der Waals surface area contributed by atoms with Crippen LogP contribution in [0.3, 0.4) is 0 Å². The van der Waals surface area contributed by atoms with Gasteiger partial charge in [0.15, 0.2) is 0 Å². The number of rotatable bonds is 4. The van der Waals surface area contributed by atoms with Crippen molar-refractivity contribution in [2.45, 2.75) is 11.9 Å². The smallest absolute Gasteiger partial charge is 0.283 e. The minimum Gasteiger partial charge on any atom is -0.283 e. The fraction of sp³-hybridized carbons (Fsp3) is 0.143. The summed E-state index contributed by atoms with van der Waals surface area (Å²) in [5, 5.41) is 0. The van der Waals surface area contributed by atoms with Gasteiger partial charge < -0.3 is 0 Å². The molecule has 118 valence electrons. The number of hydrogen-bond donors (Lipinski definition) is 1. The molecular formula is C14H11BrF3NO2S. The van der Waals surface area contributed by atoms with E-state index in [2.05, 4.69) is 20.7 Å². The van der Waals surface area contributed by atoms with E-state index in [1.807, 2.05) is 0 Å². The number of halogens is 4. The number of nitrogens with one attached hydrogen (secondary N) is 1. The number of sulfonamides is 1. The predicted octanol–water partition coefficient (Wildman–Crippen LogP) is 4.41. The Labute approximate surface area is 134 Å². The van der Waals surface area contributed by atoms with Crippen LogP contribution < -0.4 is 4.72 Å². The van der Waals surface area contributed by atoms with Crippen molar-refractivity contribution >= 4 is 31.6 Å². The van der Waals surface area contributed by atoms with E-state index in [1.165, 1.54) is 6.07 Å². The average Bonchev–Trinajstić information content (AvgIpc) is 2.40. The van der Waals surface area contributed by atoms with E-state index in [1.54, 1.807) is 30.3 Å². The third kappa shape index (κ3) is 4.48. The highest BCUT2D eigenvalue weighted by atomic mass is 79.9. The normalized spacial score (nSPS) is 12.2. The summed E-state index contributed by atoms with van der Waals surface area (Å²) in [6.45, 7) is 0. The molecule has 0 aliphatic carbocycles. The van der Waals surface area contributed by atoms with Crippen LogP contribution in [-0.4, -0.2) is 8.42 Å². The second-order valence-corrected chi connectivity index (χ2v) is 7.12. The maximum absolute atomic E-state index is 12.8. The highest BCUT2D eigenvalue weighted by molar-refractivity contribution is 9.10. The summed E-state index contributed by atoms with van der Waals surface area (Å²) in [4.78, 5) is 0. The Kier molecular flexibility index (Phi) is 4.81. The zero-order chi connectivity index (χ0) is 16.4. The van der Waals surface area contributed by atoms with Crippen molar-refractivity contribution in [2.24, 2.45) is 0 Å². The molecule has 0 heterocycles. The molecular weight excluding hydrogens is 383 g/mol. The second kappa shape index (κ2) is 6.29. The highest BCUT2D eigenvalue weighted by Gasteiger charge is 2.33. The molecule has 8 heteroatoms. The summed E-state index contributed by atoms with van der Waals surface area (Å²) in [6, 6.07) is 11.5. The first-order valence-electron chi connectivity index (χ1n) is 6.08. The molecule has 0 unspecified atom stereocenters. The largest absolute Gasteiger partial charge is 0.417 e. The van der Waals surface area contributed by atoms with E-state index < -0.39 is 21.8 Å². The number of anilines is 1. The van der Waals surface area contributed by atoms with Gasteiger partial charge in [0, 0.05) is 10.2 Å². The van der Waals surface area contributed by atoms with Crippen molar-refractivity contribution in [3.05, 3.63) is 64.1 Å². The van der Waals surface area contributed by atoms with Gasteiger partial charge in [-0.3, -0.25) is 4.72 Å². The van der Waals surface area contributed by atoms with Gasteiger partial charge in [0.25, 0.3) is 0 Å². The zero-order valence-corrected chi connectivity index (χ0v) is 13.5. The minimum absolute atomic E-state index is 0.133. The SMILES string of the molecule is O=S(=O)(Cc1ccccc1)Nc1ccc(Br)c(C(F)(F)F)c1. The predicted molar refractivity (Wildman–Crippen MR) is 81.8 cm³/mol. The van der Waals surface area contributed by atoms with E-state index >= 15 is 0 Å². The van der Waals surface area contributed by atoms with E-state index in [9.17, 15) is 21.6 Å². The second-order valence-electron chi connectivity index (χ2n) is 4.54. The summed E-state index contributed by atoms with van der Waals surface area (Å²) in [5.74, 6) is -0.314. The Morgan fingerprint density at radius 1 is 1.05 bits per heavy atom. The molecule has 0 atom stereocenters. The molecule has 1 N–H and O–H groups in total. The van der Waals surface area contributed by atoms with Gasteiger partial charge in [-0.25, -0.2) is 8.42 Å². The Bertz CT molecular complexity index is 761. The summed E-state index contributed by atoms with van der Waals surface area (Å²) in [6.07, 6.45) is -4.57. The third-order valence-electron chi connectivity index (χ3n) is 2.74. The van der Waals surface area contributed by atoms with Gasteiger partial charge in [0.2, 0.25) is 10.0 Å². The van der Waals surface area contributed by atoms with Crippen molar-refractivity contribution in [3.63, 3.8) is 0 Å². The lowest BCUT2D eigenvalue weighted by Gasteiger charge is -2.13. The van der Waals surface area contributed by atoms with Crippen molar-refractivity contribution < 1.29 is 21.6 Å². The molecule has 0 saturated carbocycles. The first-order valence-corrected chi connectivity index (χ1v) is 8.53. The van der Waals surface area contributed by atoms with Gasteiger partial charge in [-0.15, -0.1) is 0 Å². The summed E-state index contributed by atoms with van der Waals surface area (Å²) in [5.41, 5.74) is -0.526. The summed E-state index contributed by atoms with van der Waals surface area (Å²) in [7, 11) is -3.80. The standard InChI is InChI=1S/C14H11BrF3NO2S/c15-13-7-6-11(8-12(13)14(16,17)18)19-22(20,21)9-10-4-2-1-3-5-10/h1-8,19H,9H2. The van der Waals surface area contributed by atoms with E-state index in [0.717, 1.165) is 12.1 Å². The lowest BCUT2D eigenvalue weighted by atomic mass is 10.2. The van der Waals surface area contributed by atoms with E-state index in [-0.39, 0.29) is 15.9 Å². The first kappa shape index (κ1) is 16.8. The quantitative estimate of drug-likeness (QED) is 0.835. The first-order chi connectivity index (χ1) is 10.2. The Morgan fingerprint density at radius 2 is 1.68 bits per heavy atom. The van der Waals surface area contributed by atoms with Gasteiger partial charge in [-0.2, -0.15) is 13.2 Å². The maximum atomic E-state index is 12.8. The van der Waals surface area contributed by atoms with Crippen LogP contribution in [0.1, 0.15) is 11.1 Å². The number of benzene rings is 2. The van der Waals surface area contributed by atoms with Gasteiger partial charge in [0.1, 0.15) is 0 Å². The Hall–Kier alpha value is -1.54. The molecule has 0 radical (unpaired) electrons. The van der Waals surface area contributed by atoms with Crippen LogP contribution >= 0.6 is 15.9 Å². The van der Waals surface area contributed by atoms with Crippen LogP contribution in [0.25, 0.3) is 0 Å². The van der Waals surface area contributed by atoms with Crippen molar-refractivity contribution in [1.82, 2.24) is 0 Å². The summed E-state index contributed by atoms with van der Waals surface area (Å²) >= 11 is 2.80. The molecule has 0 aliphatic heterocycles. The van der Waals surface area contributed by atoms with Crippen LogP contribution in [0, 0.1) is 0 Å². The molecule has 0 amide bonds. The molecule has 0 saturated heterocycles. The molecule has 0 bridgehead atoms. The lowest BCUT2D eigenvalue weighted by molar-refractivity contribution is -0.138. The van der Waals surface area contributed by atoms with Crippen LogP contribution in [0.4, 0.5) is 18.9 Å². The van der Waals surface area contributed by atoms with Gasteiger partial charge in [-0.1, -0.05) is 46.3 Å². The van der Waals surface area contributed by atoms with Crippen LogP contribution in [-0.2, 0) is 22.0 Å². The van der Waals surface area contributed by atoms with Crippen molar-refractivity contribution in [3.8, 4) is 0 Å². The van der Waals surface area contributed by atoms with E-state index in [4.69, 9.17) is 0 Å². The van der Waals surface area contributed by atoms with Gasteiger partial charge in [-0.05, 0) is 23.8 Å². The minimum atomic E-state index is -4.57. The fourth-order valence-corrected chi connectivity index (χ4v) is 3.48. The lowest BCUT2D eigenvalue weighted by Crippen LogP contribution is -2.16. The summed E-state index contributed by atoms with van der Waals surface area (Å²) < 4.78 is 64.4.